The summed E-state index contributed by atoms with van der Waals surface area (Å²) in [5.41, 5.74) is 2.86. The van der Waals surface area contributed by atoms with Crippen molar-refractivity contribution in [3.63, 3.8) is 0 Å². The third kappa shape index (κ3) is 2.55. The van der Waals surface area contributed by atoms with Crippen molar-refractivity contribution in [1.29, 1.82) is 0 Å². The van der Waals surface area contributed by atoms with Crippen molar-refractivity contribution in [2.24, 2.45) is 0 Å². The van der Waals surface area contributed by atoms with Crippen LogP contribution in [0.5, 0.6) is 5.75 Å². The lowest BCUT2D eigenvalue weighted by Crippen LogP contribution is -2.09. The van der Waals surface area contributed by atoms with E-state index in [1.54, 1.807) is 7.11 Å². The first-order valence-corrected chi connectivity index (χ1v) is 6.91. The van der Waals surface area contributed by atoms with Crippen molar-refractivity contribution in [3.8, 4) is 5.75 Å². The molecular weight excluding hydrogens is 262 g/mol. The Balaban J connectivity index is 1.93. The predicted molar refractivity (Wildman–Crippen MR) is 84.0 cm³/mol. The second-order valence-corrected chi connectivity index (χ2v) is 5.13. The standard InChI is InChI=1S/C18H17NO2/c1-13-5-3-6-14(11-13)17(20)12-19-10-9-15-16(19)7-4-8-18(15)21-2/h3-11H,12H2,1-2H3. The molecule has 0 aliphatic heterocycles. The number of aromatic nitrogens is 1. The maximum absolute atomic E-state index is 12.4. The second-order valence-electron chi connectivity index (χ2n) is 5.13. The average molecular weight is 279 g/mol. The van der Waals surface area contributed by atoms with E-state index in [9.17, 15) is 4.79 Å². The summed E-state index contributed by atoms with van der Waals surface area (Å²) in [5, 5.41) is 1.03. The Hall–Kier alpha value is -2.55. The Morgan fingerprint density at radius 2 is 1.95 bits per heavy atom. The number of benzene rings is 2. The van der Waals surface area contributed by atoms with Crippen molar-refractivity contribution >= 4 is 16.7 Å². The molecule has 3 rings (SSSR count). The van der Waals surface area contributed by atoms with Crippen molar-refractivity contribution in [3.05, 3.63) is 65.9 Å². The van der Waals surface area contributed by atoms with Crippen LogP contribution in [-0.4, -0.2) is 17.5 Å². The molecule has 1 aromatic heterocycles. The molecule has 0 amide bonds. The van der Waals surface area contributed by atoms with Gasteiger partial charge >= 0.3 is 0 Å². The SMILES string of the molecule is COc1cccc2c1ccn2CC(=O)c1cccc(C)c1. The van der Waals surface area contributed by atoms with Crippen molar-refractivity contribution < 1.29 is 9.53 Å². The highest BCUT2D eigenvalue weighted by Gasteiger charge is 2.10. The van der Waals surface area contributed by atoms with E-state index < -0.39 is 0 Å². The fourth-order valence-electron chi connectivity index (χ4n) is 2.58. The molecule has 0 aliphatic rings. The molecule has 0 N–H and O–H groups in total. The minimum Gasteiger partial charge on any atom is -0.496 e. The fourth-order valence-corrected chi connectivity index (χ4v) is 2.58. The number of methoxy groups -OCH3 is 1. The Bertz CT molecular complexity index is 802. The number of Topliss-reactive ketones (excluding diaryl/α,β-unsaturated/α-hetero) is 1. The molecule has 3 nitrogen and oxygen atoms in total. The van der Waals surface area contributed by atoms with Gasteiger partial charge in [-0.05, 0) is 31.2 Å². The summed E-state index contributed by atoms with van der Waals surface area (Å²) < 4.78 is 7.31. The maximum Gasteiger partial charge on any atom is 0.182 e. The van der Waals surface area contributed by atoms with Gasteiger partial charge in [0.25, 0.3) is 0 Å². The third-order valence-corrected chi connectivity index (χ3v) is 3.65. The summed E-state index contributed by atoms with van der Waals surface area (Å²) in [6.45, 7) is 2.33. The highest BCUT2D eigenvalue weighted by Crippen LogP contribution is 2.26. The van der Waals surface area contributed by atoms with Crippen LogP contribution in [0.4, 0.5) is 0 Å². The van der Waals surface area contributed by atoms with Crippen LogP contribution in [0.2, 0.25) is 0 Å². The molecule has 0 saturated heterocycles. The van der Waals surface area contributed by atoms with Gasteiger partial charge in [0.1, 0.15) is 5.75 Å². The van der Waals surface area contributed by atoms with Gasteiger partial charge in [0.05, 0.1) is 19.2 Å². The molecule has 0 spiro atoms. The van der Waals surface area contributed by atoms with Gasteiger partial charge in [-0.3, -0.25) is 4.79 Å². The van der Waals surface area contributed by atoms with Gasteiger partial charge in [0.2, 0.25) is 0 Å². The van der Waals surface area contributed by atoms with Gasteiger partial charge in [0, 0.05) is 17.1 Å². The first-order valence-electron chi connectivity index (χ1n) is 6.91. The van der Waals surface area contributed by atoms with Crippen LogP contribution in [0, 0.1) is 6.92 Å². The van der Waals surface area contributed by atoms with Gasteiger partial charge in [0.15, 0.2) is 5.78 Å². The zero-order chi connectivity index (χ0) is 14.8. The molecule has 3 heteroatoms. The topological polar surface area (TPSA) is 31.2 Å². The van der Waals surface area contributed by atoms with E-state index in [0.29, 0.717) is 6.54 Å². The number of rotatable bonds is 4. The maximum atomic E-state index is 12.4. The largest absolute Gasteiger partial charge is 0.496 e. The van der Waals surface area contributed by atoms with E-state index in [1.165, 1.54) is 0 Å². The lowest BCUT2D eigenvalue weighted by Gasteiger charge is -2.07. The molecule has 0 radical (unpaired) electrons. The van der Waals surface area contributed by atoms with E-state index >= 15 is 0 Å². The number of ether oxygens (including phenoxy) is 1. The summed E-state index contributed by atoms with van der Waals surface area (Å²) in [4.78, 5) is 12.4. The first-order chi connectivity index (χ1) is 10.2. The lowest BCUT2D eigenvalue weighted by molar-refractivity contribution is 0.0973. The van der Waals surface area contributed by atoms with E-state index in [-0.39, 0.29) is 5.78 Å². The molecule has 2 aromatic carbocycles. The van der Waals surface area contributed by atoms with Crippen LogP contribution in [-0.2, 0) is 6.54 Å². The van der Waals surface area contributed by atoms with Crippen molar-refractivity contribution in [1.82, 2.24) is 4.57 Å². The zero-order valence-electron chi connectivity index (χ0n) is 12.2. The van der Waals surface area contributed by atoms with Gasteiger partial charge in [-0.15, -0.1) is 0 Å². The second kappa shape index (κ2) is 5.44. The highest BCUT2D eigenvalue weighted by molar-refractivity contribution is 5.97. The molecule has 0 aliphatic carbocycles. The quantitative estimate of drug-likeness (QED) is 0.679. The normalized spacial score (nSPS) is 10.8. The Morgan fingerprint density at radius 1 is 1.14 bits per heavy atom. The minimum absolute atomic E-state index is 0.110. The van der Waals surface area contributed by atoms with Crippen LogP contribution >= 0.6 is 0 Å². The molecule has 0 unspecified atom stereocenters. The molecule has 0 bridgehead atoms. The highest BCUT2D eigenvalue weighted by atomic mass is 16.5. The number of hydrogen-bond acceptors (Lipinski definition) is 2. The van der Waals surface area contributed by atoms with E-state index in [4.69, 9.17) is 4.74 Å². The molecule has 3 aromatic rings. The number of carbonyl (C=O) groups excluding carboxylic acids is 1. The molecule has 0 fully saturated rings. The van der Waals surface area contributed by atoms with Crippen LogP contribution in [0.1, 0.15) is 15.9 Å². The number of carbonyl (C=O) groups is 1. The minimum atomic E-state index is 0.110. The average Bonchev–Trinajstić information content (AvgIpc) is 2.90. The molecule has 0 atom stereocenters. The lowest BCUT2D eigenvalue weighted by atomic mass is 10.1. The molecule has 21 heavy (non-hydrogen) atoms. The van der Waals surface area contributed by atoms with Crippen LogP contribution in [0.15, 0.2) is 54.7 Å². The number of nitrogens with zero attached hydrogens (tertiary/aromatic N) is 1. The Morgan fingerprint density at radius 3 is 2.71 bits per heavy atom. The van der Waals surface area contributed by atoms with Gasteiger partial charge in [-0.1, -0.05) is 29.8 Å². The first kappa shape index (κ1) is 13.4. The van der Waals surface area contributed by atoms with Crippen LogP contribution in [0.3, 0.4) is 0 Å². The fraction of sp³-hybridized carbons (Fsp3) is 0.167. The van der Waals surface area contributed by atoms with E-state index in [1.807, 2.05) is 66.2 Å². The van der Waals surface area contributed by atoms with E-state index in [0.717, 1.165) is 27.8 Å². The number of hydrogen-bond donors (Lipinski definition) is 0. The summed E-state index contributed by atoms with van der Waals surface area (Å²) in [7, 11) is 1.66. The van der Waals surface area contributed by atoms with Crippen LogP contribution < -0.4 is 4.74 Å². The summed E-state index contributed by atoms with van der Waals surface area (Å²) in [6.07, 6.45) is 1.93. The summed E-state index contributed by atoms with van der Waals surface area (Å²) in [5.74, 6) is 0.938. The van der Waals surface area contributed by atoms with Crippen molar-refractivity contribution in [2.75, 3.05) is 7.11 Å². The Kier molecular flexibility index (Phi) is 3.48. The van der Waals surface area contributed by atoms with E-state index in [2.05, 4.69) is 0 Å². The Labute approximate surface area is 123 Å². The zero-order valence-corrected chi connectivity index (χ0v) is 12.2. The molecule has 1 heterocycles. The number of ketones is 1. The summed E-state index contributed by atoms with van der Waals surface area (Å²) >= 11 is 0. The molecule has 106 valence electrons. The van der Waals surface area contributed by atoms with Gasteiger partial charge in [-0.2, -0.15) is 0 Å². The third-order valence-electron chi connectivity index (χ3n) is 3.65. The van der Waals surface area contributed by atoms with Gasteiger partial charge < -0.3 is 9.30 Å². The summed E-state index contributed by atoms with van der Waals surface area (Å²) in [6, 6.07) is 15.5. The molecular formula is C18H17NO2. The van der Waals surface area contributed by atoms with Crippen molar-refractivity contribution in [2.45, 2.75) is 13.5 Å². The van der Waals surface area contributed by atoms with Gasteiger partial charge in [-0.25, -0.2) is 0 Å². The number of aryl methyl sites for hydroxylation is 1. The van der Waals surface area contributed by atoms with Crippen LogP contribution in [0.25, 0.3) is 10.9 Å². The monoisotopic (exact) mass is 279 g/mol. The predicted octanol–water partition coefficient (Wildman–Crippen LogP) is 3.84. The smallest absolute Gasteiger partial charge is 0.182 e. The number of fused-ring (bicyclic) bond motifs is 1. The molecule has 0 saturated carbocycles.